The van der Waals surface area contributed by atoms with Gasteiger partial charge >= 0.3 is 6.18 Å². The molecule has 0 N–H and O–H groups in total. The number of hydrogen-bond donors (Lipinski definition) is 0. The van der Waals surface area contributed by atoms with E-state index in [1.165, 1.54) is 29.0 Å². The Balaban J connectivity index is 1.45. The van der Waals surface area contributed by atoms with Crippen LogP contribution >= 0.6 is 11.8 Å². The van der Waals surface area contributed by atoms with Crippen LogP contribution in [0, 0.1) is 0 Å². The first-order valence-corrected chi connectivity index (χ1v) is 11.1. The highest BCUT2D eigenvalue weighted by atomic mass is 32.2. The average molecular weight is 430 g/mol. The molecule has 2 aliphatic carbocycles. The third-order valence-corrected chi connectivity index (χ3v) is 7.00. The Morgan fingerprint density at radius 1 is 1.13 bits per heavy atom. The maximum Gasteiger partial charge on any atom is 0.416 e. The highest BCUT2D eigenvalue weighted by Gasteiger charge is 2.33. The molecule has 0 aliphatic heterocycles. The number of aromatic nitrogens is 2. The molecule has 0 radical (unpaired) electrons. The molecule has 30 heavy (non-hydrogen) atoms. The Hall–Kier alpha value is -2.28. The Bertz CT molecular complexity index is 1150. The number of Topliss-reactive ketones (excluding diaryl/α,β-unsaturated/α-hetero) is 1. The Labute approximate surface area is 176 Å². The van der Waals surface area contributed by atoms with Gasteiger partial charge in [-0.05, 0) is 74.4 Å². The SMILES string of the molecule is C[C@H](Sc1nc2cc(C(F)(F)F)ccc2n1C1CC1)C(=O)c1ccc2c(c1)CCC2. The van der Waals surface area contributed by atoms with Crippen LogP contribution < -0.4 is 0 Å². The number of alkyl halides is 3. The molecule has 0 saturated heterocycles. The van der Waals surface area contributed by atoms with Crippen LogP contribution in [0.15, 0.2) is 41.6 Å². The van der Waals surface area contributed by atoms with Crippen LogP contribution in [0.2, 0.25) is 0 Å². The number of imidazole rings is 1. The molecular weight excluding hydrogens is 409 g/mol. The van der Waals surface area contributed by atoms with E-state index in [-0.39, 0.29) is 17.1 Å². The summed E-state index contributed by atoms with van der Waals surface area (Å²) < 4.78 is 41.3. The molecule has 1 heterocycles. The molecule has 156 valence electrons. The summed E-state index contributed by atoms with van der Waals surface area (Å²) in [6.45, 7) is 1.85. The van der Waals surface area contributed by atoms with Gasteiger partial charge in [-0.2, -0.15) is 13.2 Å². The molecule has 0 spiro atoms. The quantitative estimate of drug-likeness (QED) is 0.355. The smallest absolute Gasteiger partial charge is 0.316 e. The predicted molar refractivity (Wildman–Crippen MR) is 111 cm³/mol. The van der Waals surface area contributed by atoms with Crippen LogP contribution in [0.3, 0.4) is 0 Å². The molecule has 2 aromatic carbocycles. The van der Waals surface area contributed by atoms with Crippen molar-refractivity contribution in [1.29, 1.82) is 0 Å². The van der Waals surface area contributed by atoms with Crippen molar-refractivity contribution in [3.8, 4) is 0 Å². The van der Waals surface area contributed by atoms with Gasteiger partial charge in [-0.25, -0.2) is 4.98 Å². The van der Waals surface area contributed by atoms with Gasteiger partial charge in [-0.15, -0.1) is 0 Å². The summed E-state index contributed by atoms with van der Waals surface area (Å²) >= 11 is 1.33. The van der Waals surface area contributed by atoms with Gasteiger partial charge in [0.2, 0.25) is 0 Å². The van der Waals surface area contributed by atoms with E-state index in [1.807, 2.05) is 29.7 Å². The molecule has 0 unspecified atom stereocenters. The minimum Gasteiger partial charge on any atom is -0.316 e. The number of rotatable bonds is 5. The fourth-order valence-corrected chi connectivity index (χ4v) is 5.26. The van der Waals surface area contributed by atoms with Crippen molar-refractivity contribution in [3.63, 3.8) is 0 Å². The predicted octanol–water partition coefficient (Wildman–Crippen LogP) is 6.24. The normalized spacial score (nSPS) is 17.3. The van der Waals surface area contributed by atoms with Crippen molar-refractivity contribution in [1.82, 2.24) is 9.55 Å². The summed E-state index contributed by atoms with van der Waals surface area (Å²) in [7, 11) is 0. The van der Waals surface area contributed by atoms with Gasteiger partial charge in [0.15, 0.2) is 10.9 Å². The topological polar surface area (TPSA) is 34.9 Å². The second kappa shape index (κ2) is 7.15. The molecule has 1 saturated carbocycles. The van der Waals surface area contributed by atoms with E-state index in [1.54, 1.807) is 0 Å². The van der Waals surface area contributed by atoms with Crippen LogP contribution in [0.4, 0.5) is 13.2 Å². The van der Waals surface area contributed by atoms with Gasteiger partial charge in [-0.1, -0.05) is 23.9 Å². The number of thioether (sulfide) groups is 1. The third kappa shape index (κ3) is 3.53. The van der Waals surface area contributed by atoms with Crippen LogP contribution in [0.5, 0.6) is 0 Å². The Morgan fingerprint density at radius 3 is 2.63 bits per heavy atom. The van der Waals surface area contributed by atoms with E-state index >= 15 is 0 Å². The minimum atomic E-state index is -4.40. The molecule has 1 fully saturated rings. The Morgan fingerprint density at radius 2 is 1.90 bits per heavy atom. The summed E-state index contributed by atoms with van der Waals surface area (Å²) in [5, 5.41) is 0.245. The fourth-order valence-electron chi connectivity index (χ4n) is 4.19. The summed E-state index contributed by atoms with van der Waals surface area (Å²) in [6.07, 6.45) is 0.765. The molecule has 3 aromatic rings. The van der Waals surface area contributed by atoms with Crippen LogP contribution in [-0.2, 0) is 19.0 Å². The zero-order chi connectivity index (χ0) is 21.0. The molecular formula is C23H21F3N2OS. The molecule has 1 atom stereocenters. The van der Waals surface area contributed by atoms with Crippen molar-refractivity contribution in [2.24, 2.45) is 0 Å². The zero-order valence-corrected chi connectivity index (χ0v) is 17.3. The van der Waals surface area contributed by atoms with Crippen LogP contribution in [0.25, 0.3) is 11.0 Å². The molecule has 5 rings (SSSR count). The van der Waals surface area contributed by atoms with Gasteiger partial charge in [0.1, 0.15) is 0 Å². The standard InChI is InChI=1S/C23H21F3N2OS/c1-13(21(29)16-6-5-14-3-2-4-15(14)11-16)30-22-27-19-12-17(23(24,25)26)7-10-20(19)28(22)18-8-9-18/h5-7,10-13,18H,2-4,8-9H2,1H3/t13-/m0/s1. The first kappa shape index (κ1) is 19.7. The van der Waals surface area contributed by atoms with E-state index < -0.39 is 11.7 Å². The number of ketones is 1. The lowest BCUT2D eigenvalue weighted by molar-refractivity contribution is -0.137. The van der Waals surface area contributed by atoms with Crippen molar-refractivity contribution < 1.29 is 18.0 Å². The molecule has 7 heteroatoms. The van der Waals surface area contributed by atoms with E-state index in [4.69, 9.17) is 0 Å². The first-order chi connectivity index (χ1) is 14.3. The molecule has 0 amide bonds. The van der Waals surface area contributed by atoms with Crippen LogP contribution in [0.1, 0.15) is 59.3 Å². The van der Waals surface area contributed by atoms with E-state index in [2.05, 4.69) is 4.98 Å². The lowest BCUT2D eigenvalue weighted by atomic mass is 10.0. The van der Waals surface area contributed by atoms with Crippen molar-refractivity contribution in [2.45, 2.75) is 61.7 Å². The second-order valence-electron chi connectivity index (χ2n) is 8.16. The monoisotopic (exact) mass is 430 g/mol. The Kier molecular flexibility index (Phi) is 4.69. The largest absolute Gasteiger partial charge is 0.416 e. The van der Waals surface area contributed by atoms with Gasteiger partial charge < -0.3 is 4.57 Å². The summed E-state index contributed by atoms with van der Waals surface area (Å²) in [4.78, 5) is 17.5. The lowest BCUT2D eigenvalue weighted by Crippen LogP contribution is -2.15. The zero-order valence-electron chi connectivity index (χ0n) is 16.5. The number of fused-ring (bicyclic) bond motifs is 2. The molecule has 0 bridgehead atoms. The molecule has 2 aliphatic rings. The van der Waals surface area contributed by atoms with Crippen molar-refractivity contribution in [2.75, 3.05) is 0 Å². The second-order valence-corrected chi connectivity index (χ2v) is 9.47. The van der Waals surface area contributed by atoms with Gasteiger partial charge in [0.05, 0.1) is 21.8 Å². The number of carbonyl (C=O) groups is 1. The number of aryl methyl sites for hydroxylation is 2. The van der Waals surface area contributed by atoms with Gasteiger partial charge in [0.25, 0.3) is 0 Å². The number of nitrogens with zero attached hydrogens (tertiary/aromatic N) is 2. The number of halogens is 3. The molecule has 3 nitrogen and oxygen atoms in total. The number of hydrogen-bond acceptors (Lipinski definition) is 3. The maximum absolute atomic E-state index is 13.1. The van der Waals surface area contributed by atoms with E-state index in [0.717, 1.165) is 44.2 Å². The fraction of sp³-hybridized carbons (Fsp3) is 0.391. The van der Waals surface area contributed by atoms with E-state index in [9.17, 15) is 18.0 Å². The van der Waals surface area contributed by atoms with Gasteiger partial charge in [0, 0.05) is 11.6 Å². The van der Waals surface area contributed by atoms with Crippen molar-refractivity contribution >= 4 is 28.6 Å². The average Bonchev–Trinajstić information content (AvgIpc) is 3.31. The summed E-state index contributed by atoms with van der Waals surface area (Å²) in [6, 6.07) is 9.90. The minimum absolute atomic E-state index is 0.0279. The van der Waals surface area contributed by atoms with E-state index in [0.29, 0.717) is 21.8 Å². The van der Waals surface area contributed by atoms with Gasteiger partial charge in [-0.3, -0.25) is 4.79 Å². The molecule has 1 aromatic heterocycles. The number of benzene rings is 2. The van der Waals surface area contributed by atoms with Crippen molar-refractivity contribution in [3.05, 3.63) is 58.7 Å². The van der Waals surface area contributed by atoms with Crippen LogP contribution in [-0.4, -0.2) is 20.6 Å². The summed E-state index contributed by atoms with van der Waals surface area (Å²) in [5.41, 5.74) is 3.60. The number of carbonyl (C=O) groups excluding carboxylic acids is 1. The third-order valence-electron chi connectivity index (χ3n) is 5.93. The summed E-state index contributed by atoms with van der Waals surface area (Å²) in [5.74, 6) is 0.0279. The first-order valence-electron chi connectivity index (χ1n) is 10.2. The highest BCUT2D eigenvalue weighted by molar-refractivity contribution is 8.00. The highest BCUT2D eigenvalue weighted by Crippen LogP contribution is 2.43. The maximum atomic E-state index is 13.1. The lowest BCUT2D eigenvalue weighted by Gasteiger charge is -2.13.